The second kappa shape index (κ2) is 27.7. The van der Waals surface area contributed by atoms with Crippen LogP contribution in [0.2, 0.25) is 0 Å². The molecule has 470 valence electrons. The number of carboxylic acid groups (broad SMARTS) is 1. The third-order valence-electron chi connectivity index (χ3n) is 18.2. The van der Waals surface area contributed by atoms with Crippen molar-refractivity contribution < 1.29 is 29.4 Å². The molecule has 6 aromatic carbocycles. The minimum atomic E-state index is -0.961. The number of rotatable bonds is 16. The van der Waals surface area contributed by atoms with Crippen LogP contribution in [0.5, 0.6) is 0 Å². The fourth-order valence-corrected chi connectivity index (χ4v) is 12.4. The summed E-state index contributed by atoms with van der Waals surface area (Å²) in [5.41, 5.74) is 21.4. The van der Waals surface area contributed by atoms with Gasteiger partial charge in [0.05, 0.1) is 34.0 Å². The van der Waals surface area contributed by atoms with Crippen LogP contribution in [-0.4, -0.2) is 21.0 Å². The molecule has 0 fully saturated rings. The van der Waals surface area contributed by atoms with Crippen LogP contribution < -0.4 is 14.9 Å². The molecule has 0 unspecified atom stereocenters. The van der Waals surface area contributed by atoms with Gasteiger partial charge in [0.15, 0.2) is 0 Å². The standard InChI is InChI=1S/C85H92N5O2.Zn/c1-15-17-19-21-23-55-26-34-67(35-27-55)90(68-36-28-56(29-37-68)24-22-20-18-16-2)80-76-45-43-74(88-76)78(61-49-63(82(3,4)5)53-64(50-61)83(6,7)8)72-41-39-70(86-72)69(38-30-57-25-31-59-48-60(81(91)92)33-32-58(59)47-57)71-40-42-73(87-71)79(75-44-46-77(80)89-75)62-51-65(84(9,10)11)54-66(52-62)85(12,13)14;/h25-29,31-37,39-54H,15-24H2,1-14H3,(H2-,86,87,88,89,91,92);/q-1;+2/p-1. The number of hydrogen-bond donors (Lipinski definition) is 1. The predicted octanol–water partition coefficient (Wildman–Crippen LogP) is 22.4. The van der Waals surface area contributed by atoms with Gasteiger partial charge in [0.2, 0.25) is 0 Å². The topological polar surface area (TPSA) is 94.5 Å². The van der Waals surface area contributed by atoms with Crippen LogP contribution in [0.15, 0.2) is 146 Å². The van der Waals surface area contributed by atoms with Crippen molar-refractivity contribution in [2.24, 2.45) is 0 Å². The van der Waals surface area contributed by atoms with E-state index in [-0.39, 0.29) is 46.7 Å². The van der Waals surface area contributed by atoms with Crippen molar-refractivity contribution in [1.29, 1.82) is 0 Å². The molecular formula is C85H91N5O2Zn. The molecule has 93 heavy (non-hydrogen) atoms. The zero-order valence-electron chi connectivity index (χ0n) is 57.5. The number of aromatic nitrogens is 4. The van der Waals surface area contributed by atoms with Gasteiger partial charge in [-0.2, -0.15) is 0 Å². The van der Waals surface area contributed by atoms with Crippen LogP contribution in [-0.2, 0) is 54.0 Å². The van der Waals surface area contributed by atoms with Crippen molar-refractivity contribution in [3.63, 3.8) is 0 Å². The van der Waals surface area contributed by atoms with Crippen molar-refractivity contribution in [3.05, 3.63) is 218 Å². The molecular weight excluding hydrogens is 1190 g/mol. The number of anilines is 3. The molecule has 5 heterocycles. The number of carbonyl (C=O) groups is 1. The molecule has 8 heteroatoms. The van der Waals surface area contributed by atoms with E-state index in [9.17, 15) is 9.90 Å². The first-order valence-electron chi connectivity index (χ1n) is 33.5. The smallest absolute Gasteiger partial charge is 0.656 e. The van der Waals surface area contributed by atoms with E-state index in [0.717, 1.165) is 115 Å². The predicted molar refractivity (Wildman–Crippen MR) is 390 cm³/mol. The van der Waals surface area contributed by atoms with Crippen molar-refractivity contribution >= 4 is 80.2 Å². The zero-order valence-corrected chi connectivity index (χ0v) is 60.5. The number of carboxylic acids is 1. The summed E-state index contributed by atoms with van der Waals surface area (Å²) in [5, 5.41) is 11.5. The van der Waals surface area contributed by atoms with Gasteiger partial charge in [0.25, 0.3) is 0 Å². The van der Waals surface area contributed by atoms with Gasteiger partial charge in [0.1, 0.15) is 0 Å². The maximum atomic E-state index is 12.0. The Bertz CT molecular complexity index is 4360. The summed E-state index contributed by atoms with van der Waals surface area (Å²) in [6.45, 7) is 32.0. The van der Waals surface area contributed by atoms with Crippen molar-refractivity contribution in [1.82, 2.24) is 19.9 Å². The normalized spacial score (nSPS) is 12.5. The van der Waals surface area contributed by atoms with Gasteiger partial charge in [-0.15, -0.1) is 22.1 Å². The molecule has 0 atom stereocenters. The second-order valence-electron chi connectivity index (χ2n) is 29.6. The van der Waals surface area contributed by atoms with Crippen LogP contribution in [0.3, 0.4) is 0 Å². The summed E-state index contributed by atoms with van der Waals surface area (Å²) in [5.74, 6) is 6.19. The quantitative estimate of drug-likeness (QED) is 0.0585. The molecule has 2 aliphatic heterocycles. The Balaban J connectivity index is 0.00000946. The van der Waals surface area contributed by atoms with E-state index in [2.05, 4.69) is 247 Å². The number of aryl methyl sites for hydroxylation is 2. The summed E-state index contributed by atoms with van der Waals surface area (Å²) in [4.78, 5) is 37.4. The van der Waals surface area contributed by atoms with Gasteiger partial charge in [-0.25, -0.2) is 14.8 Å². The summed E-state index contributed by atoms with van der Waals surface area (Å²) >= 11 is 0. The Morgan fingerprint density at radius 2 is 0.860 bits per heavy atom. The largest absolute Gasteiger partial charge is 2.00 e. The summed E-state index contributed by atoms with van der Waals surface area (Å²) in [6, 6.07) is 52.2. The maximum absolute atomic E-state index is 12.0. The number of benzene rings is 6. The molecule has 0 radical (unpaired) electrons. The van der Waals surface area contributed by atoms with Crippen LogP contribution in [0, 0.1) is 11.8 Å². The SMILES string of the molecule is CCCCCCc1ccc(N(c2ccc(CCCCCC)cc2)c2c3nc(c(-c4cc(C(C)(C)C)cc(C(C)(C)C)c4)c4ccc([n-]4)c(C#Cc4ccc5cc(C(=O)O)ccc5c4)c4nc(c(-c5cc(C(C)(C)C)cc(C(C)(C)C)c5)c5ccc2[n-]5)C=C4)C=C3)cc1.[Zn+2]. The van der Waals surface area contributed by atoms with Gasteiger partial charge in [-0.05, 0) is 187 Å². The third-order valence-corrected chi connectivity index (χ3v) is 18.2. The molecule has 0 saturated heterocycles. The molecule has 2 aliphatic rings. The van der Waals surface area contributed by atoms with Crippen molar-refractivity contribution in [2.45, 2.75) is 183 Å². The van der Waals surface area contributed by atoms with E-state index in [1.54, 1.807) is 12.1 Å². The Kier molecular flexibility index (Phi) is 20.1. The molecule has 8 bridgehead atoms. The number of hydrogen-bond acceptors (Lipinski definition) is 4. The van der Waals surface area contributed by atoms with Gasteiger partial charge in [-0.3, -0.25) is 0 Å². The number of fused-ring (bicyclic) bond motifs is 9. The average Bonchev–Trinajstić information content (AvgIpc) is 1.67. The molecule has 11 rings (SSSR count). The average molecular weight is 1280 g/mol. The fraction of sp³-hybridized carbons (Fsp3) is 0.329. The molecule has 3 aromatic heterocycles. The second-order valence-corrected chi connectivity index (χ2v) is 29.6. The Labute approximate surface area is 566 Å². The Hall–Kier alpha value is -8.37. The minimum absolute atomic E-state index is 0. The van der Waals surface area contributed by atoms with E-state index < -0.39 is 5.97 Å². The van der Waals surface area contributed by atoms with Gasteiger partial charge in [-0.1, -0.05) is 244 Å². The minimum Gasteiger partial charge on any atom is -0.656 e. The third kappa shape index (κ3) is 15.3. The number of nitrogens with zero attached hydrogens (tertiary/aromatic N) is 5. The van der Waals surface area contributed by atoms with E-state index in [1.807, 2.05) is 24.3 Å². The maximum Gasteiger partial charge on any atom is 2.00 e. The van der Waals surface area contributed by atoms with E-state index in [4.69, 9.17) is 19.9 Å². The molecule has 9 aromatic rings. The van der Waals surface area contributed by atoms with Gasteiger partial charge >= 0.3 is 25.4 Å². The Morgan fingerprint density at radius 3 is 1.33 bits per heavy atom. The van der Waals surface area contributed by atoms with Crippen molar-refractivity contribution in [2.75, 3.05) is 4.90 Å². The van der Waals surface area contributed by atoms with E-state index in [0.29, 0.717) is 16.8 Å². The van der Waals surface area contributed by atoms with Gasteiger partial charge < -0.3 is 20.0 Å². The molecule has 1 N–H and O–H groups in total. The van der Waals surface area contributed by atoms with E-state index >= 15 is 0 Å². The first-order valence-corrected chi connectivity index (χ1v) is 33.5. The monoisotopic (exact) mass is 1280 g/mol. The van der Waals surface area contributed by atoms with E-state index in [1.165, 1.54) is 71.9 Å². The van der Waals surface area contributed by atoms with Crippen LogP contribution in [0.4, 0.5) is 17.1 Å². The molecule has 0 spiro atoms. The zero-order chi connectivity index (χ0) is 65.3. The molecule has 0 aliphatic carbocycles. The Morgan fingerprint density at radius 1 is 0.441 bits per heavy atom. The van der Waals surface area contributed by atoms with Gasteiger partial charge in [0, 0.05) is 22.5 Å². The molecule has 0 saturated carbocycles. The first-order chi connectivity index (χ1) is 43.8. The summed E-state index contributed by atoms with van der Waals surface area (Å²) < 4.78 is 0. The molecule has 0 amide bonds. The number of unbranched alkanes of at least 4 members (excludes halogenated alkanes) is 6. The summed E-state index contributed by atoms with van der Waals surface area (Å²) in [6.07, 6.45) is 20.3. The molecule has 7 nitrogen and oxygen atoms in total. The fourth-order valence-electron chi connectivity index (χ4n) is 12.4. The number of aromatic carboxylic acids is 1. The van der Waals surface area contributed by atoms with Crippen LogP contribution in [0.25, 0.3) is 79.4 Å². The van der Waals surface area contributed by atoms with Crippen LogP contribution >= 0.6 is 0 Å². The summed E-state index contributed by atoms with van der Waals surface area (Å²) in [7, 11) is 0. The first kappa shape index (κ1) is 67.5. The van der Waals surface area contributed by atoms with Crippen LogP contribution in [0.1, 0.15) is 226 Å². The van der Waals surface area contributed by atoms with Crippen molar-refractivity contribution in [3.8, 4) is 34.1 Å².